The summed E-state index contributed by atoms with van der Waals surface area (Å²) < 4.78 is 7.95. The molecule has 0 fully saturated rings. The van der Waals surface area contributed by atoms with Crippen LogP contribution >= 0.6 is 81.7 Å². The molecular formula is C19H11Br3INO4S. The van der Waals surface area contributed by atoms with Gasteiger partial charge in [0.15, 0.2) is 0 Å². The van der Waals surface area contributed by atoms with E-state index in [2.05, 4.69) is 75.7 Å². The van der Waals surface area contributed by atoms with Crippen LogP contribution in [0.2, 0.25) is 0 Å². The highest BCUT2D eigenvalue weighted by Gasteiger charge is 2.25. The second-order valence-electron chi connectivity index (χ2n) is 5.69. The summed E-state index contributed by atoms with van der Waals surface area (Å²) >= 11 is 13.6. The first-order chi connectivity index (χ1) is 13.7. The summed E-state index contributed by atoms with van der Waals surface area (Å²) in [4.78, 5) is 25.5. The largest absolute Gasteiger partial charge is 0.494 e. The number of anilines is 1. The smallest absolute Gasteiger partial charge is 0.339 e. The molecule has 2 aromatic carbocycles. The molecule has 10 heteroatoms. The minimum atomic E-state index is -1.11. The normalized spacial score (nSPS) is 10.7. The average molecular weight is 716 g/mol. The Morgan fingerprint density at radius 2 is 1.86 bits per heavy atom. The predicted octanol–water partition coefficient (Wildman–Crippen LogP) is 7.27. The van der Waals surface area contributed by atoms with E-state index in [4.69, 9.17) is 4.74 Å². The fraction of sp³-hybridized carbons (Fsp3) is 0.0526. The molecule has 1 aromatic heterocycles. The molecule has 3 aromatic rings. The molecule has 2 N–H and O–H groups in total. The molecule has 1 amide bonds. The minimum absolute atomic E-state index is 0.0571. The molecule has 0 saturated heterocycles. The van der Waals surface area contributed by atoms with E-state index >= 15 is 0 Å². The molecule has 0 unspecified atom stereocenters. The Morgan fingerprint density at radius 1 is 1.14 bits per heavy atom. The second kappa shape index (κ2) is 9.46. The summed E-state index contributed by atoms with van der Waals surface area (Å²) in [7, 11) is 1.50. The number of methoxy groups -OCH3 is 1. The van der Waals surface area contributed by atoms with Gasteiger partial charge in [-0.3, -0.25) is 4.79 Å². The van der Waals surface area contributed by atoms with E-state index in [1.54, 1.807) is 11.4 Å². The molecule has 150 valence electrons. The van der Waals surface area contributed by atoms with Gasteiger partial charge in [0.2, 0.25) is 0 Å². The SMILES string of the molecule is COc1c(Br)cc(Br)c(C(=O)Nc2csc(-c3cccc(I)c3)c2C(=O)O)c1Br. The number of rotatable bonds is 5. The maximum Gasteiger partial charge on any atom is 0.339 e. The van der Waals surface area contributed by atoms with Crippen molar-refractivity contribution < 1.29 is 19.4 Å². The van der Waals surface area contributed by atoms with Gasteiger partial charge in [0.1, 0.15) is 11.3 Å². The second-order valence-corrected chi connectivity index (χ2v) is 10.3. The maximum absolute atomic E-state index is 13.0. The zero-order chi connectivity index (χ0) is 21.3. The number of ether oxygens (including phenoxy) is 1. The third kappa shape index (κ3) is 4.71. The van der Waals surface area contributed by atoms with Crippen LogP contribution in [0.1, 0.15) is 20.7 Å². The van der Waals surface area contributed by atoms with Crippen LogP contribution in [-0.4, -0.2) is 24.1 Å². The number of carboxylic acids is 1. The number of aromatic carboxylic acids is 1. The summed E-state index contributed by atoms with van der Waals surface area (Å²) in [5.41, 5.74) is 1.37. The van der Waals surface area contributed by atoms with Crippen molar-refractivity contribution in [3.63, 3.8) is 0 Å². The van der Waals surface area contributed by atoms with E-state index in [1.165, 1.54) is 18.4 Å². The lowest BCUT2D eigenvalue weighted by molar-refractivity contribution is 0.0699. The lowest BCUT2D eigenvalue weighted by atomic mass is 10.1. The predicted molar refractivity (Wildman–Crippen MR) is 133 cm³/mol. The lowest BCUT2D eigenvalue weighted by Gasteiger charge is -2.13. The Bertz CT molecular complexity index is 1130. The number of amides is 1. The van der Waals surface area contributed by atoms with Crippen molar-refractivity contribution in [1.82, 2.24) is 0 Å². The van der Waals surface area contributed by atoms with Crippen LogP contribution in [0.5, 0.6) is 5.75 Å². The Hall–Kier alpha value is -0.950. The molecule has 0 spiro atoms. The summed E-state index contributed by atoms with van der Waals surface area (Å²) in [6.45, 7) is 0. The van der Waals surface area contributed by atoms with Crippen LogP contribution in [0.25, 0.3) is 10.4 Å². The van der Waals surface area contributed by atoms with E-state index in [9.17, 15) is 14.7 Å². The third-order valence-electron chi connectivity index (χ3n) is 3.90. The van der Waals surface area contributed by atoms with Crippen molar-refractivity contribution in [2.45, 2.75) is 0 Å². The molecule has 0 saturated carbocycles. The summed E-state index contributed by atoms with van der Waals surface area (Å²) in [6.07, 6.45) is 0. The topological polar surface area (TPSA) is 75.6 Å². The molecule has 0 radical (unpaired) electrons. The highest BCUT2D eigenvalue weighted by Crippen LogP contribution is 2.41. The van der Waals surface area contributed by atoms with Crippen LogP contribution in [-0.2, 0) is 0 Å². The van der Waals surface area contributed by atoms with Crippen molar-refractivity contribution in [3.8, 4) is 16.2 Å². The maximum atomic E-state index is 13.0. The molecule has 0 aliphatic rings. The molecule has 0 aliphatic heterocycles. The summed E-state index contributed by atoms with van der Waals surface area (Å²) in [6, 6.07) is 9.23. The monoisotopic (exact) mass is 713 g/mol. The van der Waals surface area contributed by atoms with Crippen LogP contribution in [0.3, 0.4) is 0 Å². The Labute approximate surface area is 209 Å². The number of benzene rings is 2. The molecule has 0 bridgehead atoms. The van der Waals surface area contributed by atoms with Gasteiger partial charge in [-0.05, 0) is 94.1 Å². The zero-order valence-corrected chi connectivity index (χ0v) is 22.3. The molecular weight excluding hydrogens is 705 g/mol. The molecule has 1 heterocycles. The van der Waals surface area contributed by atoms with E-state index in [0.29, 0.717) is 29.6 Å². The van der Waals surface area contributed by atoms with E-state index in [0.717, 1.165) is 9.13 Å². The molecule has 0 aliphatic carbocycles. The van der Waals surface area contributed by atoms with Gasteiger partial charge in [-0.2, -0.15) is 0 Å². The number of halogens is 4. The number of carboxylic acid groups (broad SMARTS) is 1. The first kappa shape index (κ1) is 22.7. The van der Waals surface area contributed by atoms with Crippen molar-refractivity contribution in [3.05, 3.63) is 63.8 Å². The van der Waals surface area contributed by atoms with Gasteiger partial charge in [0, 0.05) is 13.4 Å². The third-order valence-corrected chi connectivity index (χ3v) is 7.57. The first-order valence-electron chi connectivity index (χ1n) is 7.88. The molecule has 0 atom stereocenters. The fourth-order valence-corrected chi connectivity index (χ4v) is 7.00. The Balaban J connectivity index is 2.04. The quantitative estimate of drug-likeness (QED) is 0.273. The number of carbonyl (C=O) groups excluding carboxylic acids is 1. The van der Waals surface area contributed by atoms with Gasteiger partial charge in [0.25, 0.3) is 5.91 Å². The zero-order valence-electron chi connectivity index (χ0n) is 14.6. The summed E-state index contributed by atoms with van der Waals surface area (Å²) in [5, 5.41) is 14.1. The Kier molecular flexibility index (Phi) is 7.41. The van der Waals surface area contributed by atoms with Gasteiger partial charge in [-0.1, -0.05) is 12.1 Å². The van der Waals surface area contributed by atoms with Gasteiger partial charge >= 0.3 is 5.97 Å². The Morgan fingerprint density at radius 3 is 2.48 bits per heavy atom. The molecule has 29 heavy (non-hydrogen) atoms. The number of nitrogens with one attached hydrogen (secondary N) is 1. The van der Waals surface area contributed by atoms with Crippen molar-refractivity contribution >= 4 is 99.3 Å². The van der Waals surface area contributed by atoms with E-state index in [-0.39, 0.29) is 11.3 Å². The minimum Gasteiger partial charge on any atom is -0.494 e. The number of carbonyl (C=O) groups is 2. The number of hydrogen-bond acceptors (Lipinski definition) is 4. The highest BCUT2D eigenvalue weighted by atomic mass is 127. The van der Waals surface area contributed by atoms with Crippen molar-refractivity contribution in [2.24, 2.45) is 0 Å². The lowest BCUT2D eigenvalue weighted by Crippen LogP contribution is -2.15. The number of hydrogen-bond donors (Lipinski definition) is 2. The van der Waals surface area contributed by atoms with Gasteiger partial charge < -0.3 is 15.2 Å². The number of thiophene rings is 1. The summed E-state index contributed by atoms with van der Waals surface area (Å²) in [5.74, 6) is -1.12. The van der Waals surface area contributed by atoms with Crippen LogP contribution < -0.4 is 10.1 Å². The fourth-order valence-electron chi connectivity index (χ4n) is 2.66. The van der Waals surface area contributed by atoms with E-state index in [1.807, 2.05) is 24.3 Å². The first-order valence-corrected chi connectivity index (χ1v) is 12.2. The highest BCUT2D eigenvalue weighted by molar-refractivity contribution is 14.1. The van der Waals surface area contributed by atoms with Crippen LogP contribution in [0.15, 0.2) is 49.1 Å². The van der Waals surface area contributed by atoms with Crippen molar-refractivity contribution in [2.75, 3.05) is 12.4 Å². The van der Waals surface area contributed by atoms with Crippen molar-refractivity contribution in [1.29, 1.82) is 0 Å². The van der Waals surface area contributed by atoms with Gasteiger partial charge in [0.05, 0.1) is 32.2 Å². The molecule has 5 nitrogen and oxygen atoms in total. The van der Waals surface area contributed by atoms with E-state index < -0.39 is 11.9 Å². The van der Waals surface area contributed by atoms with Gasteiger partial charge in [-0.15, -0.1) is 11.3 Å². The van der Waals surface area contributed by atoms with Crippen LogP contribution in [0.4, 0.5) is 5.69 Å². The average Bonchev–Trinajstić information content (AvgIpc) is 3.05. The molecule has 3 rings (SSSR count). The van der Waals surface area contributed by atoms with Crippen LogP contribution in [0, 0.1) is 3.57 Å². The van der Waals surface area contributed by atoms with Gasteiger partial charge in [-0.25, -0.2) is 4.79 Å². The standard InChI is InChI=1S/C19H11Br3INO4S/c1-28-16-11(21)6-10(20)13(15(16)22)18(25)24-12-7-29-17(14(12)19(26)27)8-3-2-4-9(23)5-8/h2-7H,1H3,(H,24,25)(H,26,27).